The molecule has 0 fully saturated rings. The van der Waals surface area contributed by atoms with E-state index in [1.54, 1.807) is 16.2 Å². The fraction of sp³-hybridized carbons (Fsp3) is 0.667. The van der Waals surface area contributed by atoms with Gasteiger partial charge in [-0.3, -0.25) is 4.90 Å². The first-order chi connectivity index (χ1) is 6.72. The molecule has 1 aliphatic heterocycles. The number of aryl methyl sites for hydroxylation is 1. The monoisotopic (exact) mass is 216 g/mol. The average molecular weight is 216 g/mol. The smallest absolute Gasteiger partial charge is 0.197 e. The van der Waals surface area contributed by atoms with Crippen LogP contribution in [0.5, 0.6) is 0 Å². The van der Waals surface area contributed by atoms with Gasteiger partial charge in [0.2, 0.25) is 0 Å². The van der Waals surface area contributed by atoms with Crippen molar-refractivity contribution in [3.05, 3.63) is 15.6 Å². The first kappa shape index (κ1) is 10.0. The standard InChI is InChI=1S/C9H13FN2OS/c1-6-11-8-7(14-6)2-3-12(4-5-13)9(8)10/h9,13H,2-5H2,1H3. The molecule has 0 saturated heterocycles. The molecule has 78 valence electrons. The Morgan fingerprint density at radius 1 is 1.71 bits per heavy atom. The number of rotatable bonds is 2. The molecule has 1 aromatic rings. The van der Waals surface area contributed by atoms with Crippen molar-refractivity contribution in [2.75, 3.05) is 19.7 Å². The van der Waals surface area contributed by atoms with Crippen LogP contribution in [0.1, 0.15) is 21.9 Å². The van der Waals surface area contributed by atoms with Crippen molar-refractivity contribution >= 4 is 11.3 Å². The van der Waals surface area contributed by atoms with Crippen molar-refractivity contribution in [1.82, 2.24) is 9.88 Å². The van der Waals surface area contributed by atoms with Crippen LogP contribution in [0, 0.1) is 6.92 Å². The highest BCUT2D eigenvalue weighted by atomic mass is 32.1. The first-order valence-electron chi connectivity index (χ1n) is 4.67. The third kappa shape index (κ3) is 1.67. The van der Waals surface area contributed by atoms with Crippen molar-refractivity contribution in [1.29, 1.82) is 0 Å². The highest BCUT2D eigenvalue weighted by Crippen LogP contribution is 2.33. The van der Waals surface area contributed by atoms with Crippen molar-refractivity contribution < 1.29 is 9.50 Å². The molecule has 0 spiro atoms. The predicted molar refractivity (Wildman–Crippen MR) is 53.1 cm³/mol. The van der Waals surface area contributed by atoms with Gasteiger partial charge in [0.15, 0.2) is 6.30 Å². The van der Waals surface area contributed by atoms with Crippen LogP contribution < -0.4 is 0 Å². The van der Waals surface area contributed by atoms with Crippen LogP contribution in [0.15, 0.2) is 0 Å². The number of halogens is 1. The lowest BCUT2D eigenvalue weighted by Crippen LogP contribution is -2.35. The molecule has 1 aromatic heterocycles. The molecule has 1 aliphatic rings. The number of aliphatic hydroxyl groups excluding tert-OH is 1. The minimum atomic E-state index is -1.13. The van der Waals surface area contributed by atoms with Gasteiger partial charge in [-0.25, -0.2) is 9.37 Å². The minimum absolute atomic E-state index is 0.00112. The van der Waals surface area contributed by atoms with E-state index in [4.69, 9.17) is 5.11 Å². The second kappa shape index (κ2) is 3.92. The number of fused-ring (bicyclic) bond motifs is 1. The molecule has 0 radical (unpaired) electrons. The Balaban J connectivity index is 2.22. The molecule has 0 bridgehead atoms. The molecule has 0 amide bonds. The number of nitrogens with zero attached hydrogens (tertiary/aromatic N) is 2. The van der Waals surface area contributed by atoms with E-state index in [2.05, 4.69) is 4.98 Å². The van der Waals surface area contributed by atoms with E-state index >= 15 is 0 Å². The maximum atomic E-state index is 13.8. The van der Waals surface area contributed by atoms with Gasteiger partial charge in [0.25, 0.3) is 0 Å². The zero-order chi connectivity index (χ0) is 10.1. The second-order valence-electron chi connectivity index (χ2n) is 3.39. The lowest BCUT2D eigenvalue weighted by Gasteiger charge is -2.28. The predicted octanol–water partition coefficient (Wildman–Crippen LogP) is 1.27. The molecule has 1 unspecified atom stereocenters. The second-order valence-corrected chi connectivity index (χ2v) is 4.67. The Morgan fingerprint density at radius 3 is 3.21 bits per heavy atom. The van der Waals surface area contributed by atoms with Gasteiger partial charge in [-0.15, -0.1) is 11.3 Å². The fourth-order valence-electron chi connectivity index (χ4n) is 1.74. The van der Waals surface area contributed by atoms with E-state index in [0.717, 1.165) is 16.3 Å². The molecular formula is C9H13FN2OS. The van der Waals surface area contributed by atoms with Gasteiger partial charge in [0.05, 0.1) is 11.6 Å². The Kier molecular flexibility index (Phi) is 2.80. The van der Waals surface area contributed by atoms with Gasteiger partial charge in [0.1, 0.15) is 5.69 Å². The van der Waals surface area contributed by atoms with Crippen molar-refractivity contribution in [3.8, 4) is 0 Å². The summed E-state index contributed by atoms with van der Waals surface area (Å²) in [4.78, 5) is 6.87. The molecule has 14 heavy (non-hydrogen) atoms. The van der Waals surface area contributed by atoms with Crippen molar-refractivity contribution in [2.45, 2.75) is 19.6 Å². The number of β-amino-alcohol motifs (C(OH)–C–C–N with tert-alkyl or cyclic N) is 1. The quantitative estimate of drug-likeness (QED) is 0.756. The summed E-state index contributed by atoms with van der Waals surface area (Å²) in [5.41, 5.74) is 0.562. The number of aromatic nitrogens is 1. The molecule has 1 N–H and O–H groups in total. The van der Waals surface area contributed by atoms with Crippen LogP contribution in [0.3, 0.4) is 0 Å². The topological polar surface area (TPSA) is 36.4 Å². The molecule has 5 heteroatoms. The van der Waals surface area contributed by atoms with E-state index in [-0.39, 0.29) is 6.61 Å². The van der Waals surface area contributed by atoms with E-state index in [1.165, 1.54) is 0 Å². The highest BCUT2D eigenvalue weighted by Gasteiger charge is 2.29. The summed E-state index contributed by atoms with van der Waals surface area (Å²) in [7, 11) is 0. The SMILES string of the molecule is Cc1nc2c(s1)CCN(CCO)C2F. The minimum Gasteiger partial charge on any atom is -0.395 e. The van der Waals surface area contributed by atoms with Crippen LogP contribution in [-0.2, 0) is 6.42 Å². The van der Waals surface area contributed by atoms with Crippen LogP contribution in [0.4, 0.5) is 4.39 Å². The Labute approximate surface area is 86.2 Å². The lowest BCUT2D eigenvalue weighted by atomic mass is 10.1. The van der Waals surface area contributed by atoms with E-state index in [9.17, 15) is 4.39 Å². The normalized spacial score (nSPS) is 22.4. The number of alkyl halides is 1. The molecule has 0 saturated carbocycles. The van der Waals surface area contributed by atoms with Gasteiger partial charge in [-0.2, -0.15) is 0 Å². The summed E-state index contributed by atoms with van der Waals surface area (Å²) in [6.45, 7) is 2.96. The molecule has 3 nitrogen and oxygen atoms in total. The number of hydrogen-bond donors (Lipinski definition) is 1. The van der Waals surface area contributed by atoms with Crippen LogP contribution >= 0.6 is 11.3 Å². The van der Waals surface area contributed by atoms with E-state index < -0.39 is 6.30 Å². The molecule has 0 aliphatic carbocycles. The zero-order valence-corrected chi connectivity index (χ0v) is 8.85. The van der Waals surface area contributed by atoms with Crippen LogP contribution in [-0.4, -0.2) is 34.7 Å². The van der Waals surface area contributed by atoms with Gasteiger partial charge in [-0.1, -0.05) is 0 Å². The molecule has 0 aromatic carbocycles. The summed E-state index contributed by atoms with van der Waals surface area (Å²) in [5.74, 6) is 0. The van der Waals surface area contributed by atoms with Gasteiger partial charge < -0.3 is 5.11 Å². The van der Waals surface area contributed by atoms with Gasteiger partial charge >= 0.3 is 0 Å². The lowest BCUT2D eigenvalue weighted by molar-refractivity contribution is 0.0525. The zero-order valence-electron chi connectivity index (χ0n) is 8.03. The Bertz CT molecular complexity index is 329. The van der Waals surface area contributed by atoms with Gasteiger partial charge in [-0.05, 0) is 13.3 Å². The average Bonchev–Trinajstić information content (AvgIpc) is 2.52. The summed E-state index contributed by atoms with van der Waals surface area (Å²) < 4.78 is 13.8. The maximum Gasteiger partial charge on any atom is 0.197 e. The molecule has 2 rings (SSSR count). The summed E-state index contributed by atoms with van der Waals surface area (Å²) >= 11 is 1.57. The fourth-order valence-corrected chi connectivity index (χ4v) is 2.68. The van der Waals surface area contributed by atoms with E-state index in [0.29, 0.717) is 18.8 Å². The molecular weight excluding hydrogens is 203 g/mol. The molecule has 2 heterocycles. The van der Waals surface area contributed by atoms with E-state index in [1.807, 2.05) is 6.92 Å². The summed E-state index contributed by atoms with van der Waals surface area (Å²) in [6.07, 6.45) is -0.280. The largest absolute Gasteiger partial charge is 0.395 e. The molecule has 1 atom stereocenters. The summed E-state index contributed by atoms with van der Waals surface area (Å²) in [5, 5.41) is 9.68. The highest BCUT2D eigenvalue weighted by molar-refractivity contribution is 7.11. The maximum absolute atomic E-state index is 13.8. The Morgan fingerprint density at radius 2 is 2.50 bits per heavy atom. The van der Waals surface area contributed by atoms with Crippen LogP contribution in [0.25, 0.3) is 0 Å². The third-order valence-electron chi connectivity index (χ3n) is 2.39. The van der Waals surface area contributed by atoms with Crippen molar-refractivity contribution in [2.24, 2.45) is 0 Å². The summed E-state index contributed by atoms with van der Waals surface area (Å²) in [6, 6.07) is 0. The third-order valence-corrected chi connectivity index (χ3v) is 3.44. The van der Waals surface area contributed by atoms with Gasteiger partial charge in [0, 0.05) is 18.0 Å². The number of thiazole rings is 1. The number of aliphatic hydroxyl groups is 1. The van der Waals surface area contributed by atoms with Crippen LogP contribution in [0.2, 0.25) is 0 Å². The number of hydrogen-bond acceptors (Lipinski definition) is 4. The van der Waals surface area contributed by atoms with Crippen molar-refractivity contribution in [3.63, 3.8) is 0 Å². The first-order valence-corrected chi connectivity index (χ1v) is 5.49. The Hall–Kier alpha value is -0.520.